The maximum absolute atomic E-state index is 13.9. The summed E-state index contributed by atoms with van der Waals surface area (Å²) < 4.78 is 0. The van der Waals surface area contributed by atoms with E-state index in [0.717, 1.165) is 61.0 Å². The lowest BCUT2D eigenvalue weighted by molar-refractivity contribution is 0.0790. The van der Waals surface area contributed by atoms with Gasteiger partial charge in [0.2, 0.25) is 0 Å². The Morgan fingerprint density at radius 3 is 1.46 bits per heavy atom. The number of carbonyl (C=O) groups is 1. The molecule has 1 aromatic heterocycles. The number of hydrogen-bond donors (Lipinski definition) is 1. The highest BCUT2D eigenvalue weighted by atomic mass is 16.2. The van der Waals surface area contributed by atoms with Gasteiger partial charge < -0.3 is 5.32 Å². The summed E-state index contributed by atoms with van der Waals surface area (Å²) in [5, 5.41) is 3.44. The molecule has 4 heteroatoms. The molecule has 0 bridgehead atoms. The molecule has 6 aromatic rings. The minimum absolute atomic E-state index is 0.0405. The van der Waals surface area contributed by atoms with Gasteiger partial charge in [-0.05, 0) is 98.0 Å². The summed E-state index contributed by atoms with van der Waals surface area (Å²) in [6, 6.07) is 50.3. The SMILES string of the molecule is CC(C)(C)c1ccc(-c2cc(-c3ccc(C(C)(C)C)cc3)cc(-c3ccc(C(=O)N[C@H]4CCCC[C@@H]4N(Cc4ccccc4)Cc4ccccc4)nc3)c2)cc1. The zero-order valence-corrected chi connectivity index (χ0v) is 34.1. The molecule has 56 heavy (non-hydrogen) atoms. The van der Waals surface area contributed by atoms with Crippen LogP contribution in [0.1, 0.15) is 100.0 Å². The molecule has 1 aliphatic rings. The van der Waals surface area contributed by atoms with Crippen LogP contribution in [0.3, 0.4) is 0 Å². The topological polar surface area (TPSA) is 45.2 Å². The Bertz CT molecular complexity index is 2080. The summed E-state index contributed by atoms with van der Waals surface area (Å²) in [4.78, 5) is 21.3. The van der Waals surface area contributed by atoms with Crippen LogP contribution in [0.4, 0.5) is 0 Å². The molecule has 1 fully saturated rings. The molecule has 1 saturated carbocycles. The first-order chi connectivity index (χ1) is 26.9. The van der Waals surface area contributed by atoms with E-state index in [2.05, 4.69) is 179 Å². The van der Waals surface area contributed by atoms with Crippen LogP contribution in [0, 0.1) is 0 Å². The maximum Gasteiger partial charge on any atom is 0.270 e. The van der Waals surface area contributed by atoms with Gasteiger partial charge in [0.05, 0.1) is 0 Å². The highest BCUT2D eigenvalue weighted by Gasteiger charge is 2.32. The normalized spacial score (nSPS) is 16.1. The van der Waals surface area contributed by atoms with Crippen LogP contribution in [-0.2, 0) is 23.9 Å². The molecule has 7 rings (SSSR count). The number of amides is 1. The Labute approximate surface area is 335 Å². The highest BCUT2D eigenvalue weighted by Crippen LogP contribution is 2.35. The Morgan fingerprint density at radius 1 is 0.571 bits per heavy atom. The van der Waals surface area contributed by atoms with Gasteiger partial charge in [-0.25, -0.2) is 0 Å². The van der Waals surface area contributed by atoms with E-state index in [4.69, 9.17) is 4.98 Å². The summed E-state index contributed by atoms with van der Waals surface area (Å²) >= 11 is 0. The van der Waals surface area contributed by atoms with Crippen molar-refractivity contribution in [3.8, 4) is 33.4 Å². The van der Waals surface area contributed by atoms with Crippen molar-refractivity contribution < 1.29 is 4.79 Å². The summed E-state index contributed by atoms with van der Waals surface area (Å²) in [7, 11) is 0. The Morgan fingerprint density at radius 2 is 1.02 bits per heavy atom. The van der Waals surface area contributed by atoms with Gasteiger partial charge in [0, 0.05) is 36.9 Å². The van der Waals surface area contributed by atoms with Crippen molar-refractivity contribution in [2.24, 2.45) is 0 Å². The van der Waals surface area contributed by atoms with Crippen LogP contribution in [0.15, 0.2) is 146 Å². The van der Waals surface area contributed by atoms with Crippen LogP contribution in [0.5, 0.6) is 0 Å². The van der Waals surface area contributed by atoms with E-state index in [1.54, 1.807) is 0 Å². The number of nitrogens with zero attached hydrogens (tertiary/aromatic N) is 2. The van der Waals surface area contributed by atoms with Gasteiger partial charge in [-0.3, -0.25) is 14.7 Å². The number of aromatic nitrogens is 1. The third-order valence-electron chi connectivity index (χ3n) is 11.4. The molecular weight excluding hydrogens is 683 g/mol. The molecule has 1 aliphatic carbocycles. The van der Waals surface area contributed by atoms with E-state index in [0.29, 0.717) is 5.69 Å². The van der Waals surface area contributed by atoms with Crippen LogP contribution in [0.2, 0.25) is 0 Å². The molecule has 286 valence electrons. The fourth-order valence-corrected chi connectivity index (χ4v) is 8.04. The zero-order valence-electron chi connectivity index (χ0n) is 34.1. The molecule has 1 heterocycles. The van der Waals surface area contributed by atoms with E-state index < -0.39 is 0 Å². The first-order valence-electron chi connectivity index (χ1n) is 20.4. The van der Waals surface area contributed by atoms with Crippen LogP contribution in [0.25, 0.3) is 33.4 Å². The summed E-state index contributed by atoms with van der Waals surface area (Å²) in [6.45, 7) is 15.2. The predicted molar refractivity (Wildman–Crippen MR) is 234 cm³/mol. The van der Waals surface area contributed by atoms with Crippen LogP contribution >= 0.6 is 0 Å². The van der Waals surface area contributed by atoms with E-state index in [1.165, 1.54) is 33.4 Å². The first kappa shape index (κ1) is 38.9. The smallest absolute Gasteiger partial charge is 0.270 e. The molecule has 2 atom stereocenters. The molecule has 1 amide bonds. The van der Waals surface area contributed by atoms with Gasteiger partial charge in [-0.15, -0.1) is 0 Å². The lowest BCUT2D eigenvalue weighted by Gasteiger charge is -2.40. The second-order valence-electron chi connectivity index (χ2n) is 17.7. The van der Waals surface area contributed by atoms with Crippen molar-refractivity contribution in [1.29, 1.82) is 0 Å². The summed E-state index contributed by atoms with van der Waals surface area (Å²) in [6.07, 6.45) is 6.13. The van der Waals surface area contributed by atoms with Crippen LogP contribution < -0.4 is 5.32 Å². The molecule has 4 nitrogen and oxygen atoms in total. The van der Waals surface area contributed by atoms with Crippen molar-refractivity contribution in [3.05, 3.63) is 174 Å². The number of nitrogens with one attached hydrogen (secondary N) is 1. The summed E-state index contributed by atoms with van der Waals surface area (Å²) in [5.41, 5.74) is 12.5. The molecule has 5 aromatic carbocycles. The van der Waals surface area contributed by atoms with Gasteiger partial charge in [0.1, 0.15) is 5.69 Å². The van der Waals surface area contributed by atoms with Gasteiger partial charge in [-0.1, -0.05) is 170 Å². The highest BCUT2D eigenvalue weighted by molar-refractivity contribution is 5.93. The van der Waals surface area contributed by atoms with Crippen LogP contribution in [-0.4, -0.2) is 27.9 Å². The van der Waals surface area contributed by atoms with Crippen molar-refractivity contribution in [3.63, 3.8) is 0 Å². The Kier molecular flexibility index (Phi) is 11.7. The fraction of sp³-hybridized carbons (Fsp3) is 0.308. The Balaban J connectivity index is 1.15. The van der Waals surface area contributed by atoms with Crippen molar-refractivity contribution in [2.75, 3.05) is 0 Å². The number of rotatable bonds is 10. The minimum Gasteiger partial charge on any atom is -0.346 e. The average Bonchev–Trinajstić information content (AvgIpc) is 3.21. The fourth-order valence-electron chi connectivity index (χ4n) is 8.04. The number of hydrogen-bond acceptors (Lipinski definition) is 3. The largest absolute Gasteiger partial charge is 0.346 e. The molecule has 0 spiro atoms. The van der Waals surface area contributed by atoms with Crippen molar-refractivity contribution in [1.82, 2.24) is 15.2 Å². The molecule has 1 N–H and O–H groups in total. The second-order valence-corrected chi connectivity index (χ2v) is 17.7. The van der Waals surface area contributed by atoms with Crippen molar-refractivity contribution in [2.45, 2.75) is 103 Å². The quantitative estimate of drug-likeness (QED) is 0.152. The van der Waals surface area contributed by atoms with Gasteiger partial charge in [-0.2, -0.15) is 0 Å². The molecule has 0 aliphatic heterocycles. The minimum atomic E-state index is -0.111. The molecular formula is C52H57N3O. The molecule has 0 radical (unpaired) electrons. The summed E-state index contributed by atoms with van der Waals surface area (Å²) in [5.74, 6) is -0.111. The molecule has 0 saturated heterocycles. The van der Waals surface area contributed by atoms with Gasteiger partial charge >= 0.3 is 0 Å². The van der Waals surface area contributed by atoms with Gasteiger partial charge in [0.25, 0.3) is 5.91 Å². The standard InChI is InChI=1S/C52H57N3O/c1-51(2,3)45-26-21-39(22-27-45)42-31-43(40-23-28-46(29-24-40)52(4,5)6)33-44(32-42)41-25-30-48(53-34-41)50(56)54-47-19-13-14-20-49(47)55(35-37-15-9-7-10-16-37)36-38-17-11-8-12-18-38/h7-12,15-18,21-34,47,49H,13-14,19-20,35-36H2,1-6H3,(H,54,56)/t47-,49-/m0/s1. The van der Waals surface area contributed by atoms with Gasteiger partial charge in [0.15, 0.2) is 0 Å². The third-order valence-corrected chi connectivity index (χ3v) is 11.4. The molecule has 0 unspecified atom stereocenters. The average molecular weight is 740 g/mol. The van der Waals surface area contributed by atoms with E-state index in [-0.39, 0.29) is 28.8 Å². The maximum atomic E-state index is 13.9. The first-order valence-corrected chi connectivity index (χ1v) is 20.4. The number of carbonyl (C=O) groups excluding carboxylic acids is 1. The third kappa shape index (κ3) is 9.54. The van der Waals surface area contributed by atoms with E-state index in [1.807, 2.05) is 18.3 Å². The second kappa shape index (κ2) is 16.8. The predicted octanol–water partition coefficient (Wildman–Crippen LogP) is 12.4. The lowest BCUT2D eigenvalue weighted by atomic mass is 9.85. The lowest BCUT2D eigenvalue weighted by Crippen LogP contribution is -2.53. The monoisotopic (exact) mass is 739 g/mol. The number of pyridine rings is 1. The number of benzene rings is 5. The Hall–Kier alpha value is -5.32. The zero-order chi connectivity index (χ0) is 39.3. The van der Waals surface area contributed by atoms with Crippen molar-refractivity contribution >= 4 is 5.91 Å². The van der Waals surface area contributed by atoms with E-state index in [9.17, 15) is 4.79 Å². The van der Waals surface area contributed by atoms with E-state index >= 15 is 0 Å².